The van der Waals surface area contributed by atoms with Gasteiger partial charge in [-0.25, -0.2) is 4.39 Å². The fourth-order valence-corrected chi connectivity index (χ4v) is 3.36. The molecule has 0 aliphatic heterocycles. The lowest BCUT2D eigenvalue weighted by Crippen LogP contribution is -2.12. The minimum absolute atomic E-state index is 0.0780. The van der Waals surface area contributed by atoms with Crippen LogP contribution in [0.25, 0.3) is 17.2 Å². The molecule has 4 rings (SSSR count). The van der Waals surface area contributed by atoms with Crippen LogP contribution in [0.2, 0.25) is 0 Å². The van der Waals surface area contributed by atoms with Gasteiger partial charge in [0.2, 0.25) is 5.91 Å². The van der Waals surface area contributed by atoms with Crippen LogP contribution in [0, 0.1) is 5.82 Å². The third kappa shape index (κ3) is 4.13. The number of aromatic amines is 1. The number of hydrogen-bond donors (Lipinski definition) is 2. The van der Waals surface area contributed by atoms with Crippen LogP contribution in [0.1, 0.15) is 48.4 Å². The lowest BCUT2D eigenvalue weighted by Gasteiger charge is -2.06. The lowest BCUT2D eigenvalue weighted by molar-refractivity contribution is -0.115. The highest BCUT2D eigenvalue weighted by molar-refractivity contribution is 6.07. The molecular formula is C22H20FN5O. The highest BCUT2D eigenvalue weighted by atomic mass is 19.1. The molecule has 1 aliphatic carbocycles. The number of allylic oxidation sites excluding steroid dienone is 2. The summed E-state index contributed by atoms with van der Waals surface area (Å²) >= 11 is 0. The molecule has 7 heteroatoms. The van der Waals surface area contributed by atoms with Gasteiger partial charge in [-0.15, -0.1) is 5.10 Å². The molecule has 1 aliphatic rings. The summed E-state index contributed by atoms with van der Waals surface area (Å²) in [5.74, 6) is -0.0590. The standard InChI is InChI=1S/C22H20FN5O/c1-13(2)15-5-3-14(4-6-15)9-16-10-17(20-12-18(23)7-8-19(16)20)11-21(29)24-22-25-27-28-26-22/h3-10,12-13H,11H2,1-2H3,(H2,24,25,26,27,28,29)/b16-9-. The molecule has 2 aromatic carbocycles. The van der Waals surface area contributed by atoms with E-state index >= 15 is 0 Å². The smallest absolute Gasteiger partial charge is 0.269 e. The quantitative estimate of drug-likeness (QED) is 0.676. The Hall–Kier alpha value is -3.61. The molecule has 1 aromatic heterocycles. The molecule has 0 radical (unpaired) electrons. The van der Waals surface area contributed by atoms with E-state index in [1.165, 1.54) is 17.7 Å². The van der Waals surface area contributed by atoms with Gasteiger partial charge in [-0.2, -0.15) is 5.21 Å². The van der Waals surface area contributed by atoms with Gasteiger partial charge in [-0.1, -0.05) is 49.3 Å². The van der Waals surface area contributed by atoms with Crippen molar-refractivity contribution in [2.75, 3.05) is 5.32 Å². The fourth-order valence-electron chi connectivity index (χ4n) is 3.36. The molecule has 0 spiro atoms. The molecule has 1 heterocycles. The topological polar surface area (TPSA) is 83.6 Å². The van der Waals surface area contributed by atoms with Gasteiger partial charge >= 0.3 is 0 Å². The predicted molar refractivity (Wildman–Crippen MR) is 110 cm³/mol. The Bertz CT molecular complexity index is 1100. The molecule has 0 saturated heterocycles. The SMILES string of the molecule is CC(C)c1ccc(/C=C2/C=C(CC(=O)Nc3nn[nH]n3)c3cc(F)ccc32)cc1. The Morgan fingerprint density at radius 3 is 2.66 bits per heavy atom. The van der Waals surface area contributed by atoms with E-state index in [4.69, 9.17) is 0 Å². The number of carbonyl (C=O) groups is 1. The summed E-state index contributed by atoms with van der Waals surface area (Å²) in [5.41, 5.74) is 5.63. The first-order valence-electron chi connectivity index (χ1n) is 9.35. The molecule has 146 valence electrons. The normalized spacial score (nSPS) is 14.2. The van der Waals surface area contributed by atoms with Crippen molar-refractivity contribution in [2.24, 2.45) is 0 Å². The zero-order chi connectivity index (χ0) is 20.4. The van der Waals surface area contributed by atoms with Gasteiger partial charge in [-0.3, -0.25) is 10.1 Å². The van der Waals surface area contributed by atoms with Gasteiger partial charge in [0, 0.05) is 0 Å². The molecule has 0 bridgehead atoms. The zero-order valence-electron chi connectivity index (χ0n) is 16.1. The summed E-state index contributed by atoms with van der Waals surface area (Å²) in [6.07, 6.45) is 4.05. The van der Waals surface area contributed by atoms with Crippen molar-refractivity contribution in [2.45, 2.75) is 26.2 Å². The van der Waals surface area contributed by atoms with Crippen LogP contribution in [0.4, 0.5) is 10.3 Å². The Kier molecular flexibility index (Phi) is 5.03. The monoisotopic (exact) mass is 389 g/mol. The number of benzene rings is 2. The number of H-pyrrole nitrogens is 1. The summed E-state index contributed by atoms with van der Waals surface area (Å²) in [5, 5.41) is 15.7. The fraction of sp³-hybridized carbons (Fsp3) is 0.182. The van der Waals surface area contributed by atoms with Crippen molar-refractivity contribution in [1.82, 2.24) is 20.6 Å². The van der Waals surface area contributed by atoms with E-state index < -0.39 is 0 Å². The molecule has 6 nitrogen and oxygen atoms in total. The van der Waals surface area contributed by atoms with Crippen LogP contribution in [-0.4, -0.2) is 26.5 Å². The number of fused-ring (bicyclic) bond motifs is 1. The Morgan fingerprint density at radius 1 is 1.17 bits per heavy atom. The minimum Gasteiger partial charge on any atom is -0.292 e. The van der Waals surface area contributed by atoms with Crippen molar-refractivity contribution >= 4 is 29.1 Å². The first kappa shape index (κ1) is 18.7. The molecule has 1 amide bonds. The van der Waals surface area contributed by atoms with Crippen molar-refractivity contribution in [1.29, 1.82) is 0 Å². The number of carbonyl (C=O) groups excluding carboxylic acids is 1. The van der Waals surface area contributed by atoms with E-state index in [0.717, 1.165) is 27.8 Å². The van der Waals surface area contributed by atoms with E-state index in [2.05, 4.69) is 64.1 Å². The van der Waals surface area contributed by atoms with Crippen LogP contribution >= 0.6 is 0 Å². The van der Waals surface area contributed by atoms with Gasteiger partial charge < -0.3 is 0 Å². The number of anilines is 1. The molecule has 29 heavy (non-hydrogen) atoms. The molecule has 2 N–H and O–H groups in total. The number of amides is 1. The Balaban J connectivity index is 1.63. The number of halogens is 1. The molecule has 3 aromatic rings. The highest BCUT2D eigenvalue weighted by Crippen LogP contribution is 2.38. The predicted octanol–water partition coefficient (Wildman–Crippen LogP) is 4.43. The molecular weight excluding hydrogens is 369 g/mol. The van der Waals surface area contributed by atoms with Gasteiger partial charge in [0.05, 0.1) is 6.42 Å². The van der Waals surface area contributed by atoms with Crippen LogP contribution in [0.15, 0.2) is 48.5 Å². The average molecular weight is 389 g/mol. The van der Waals surface area contributed by atoms with E-state index in [1.807, 2.05) is 12.2 Å². The molecule has 0 atom stereocenters. The molecule has 0 unspecified atom stereocenters. The minimum atomic E-state index is -0.337. The van der Waals surface area contributed by atoms with Crippen LogP contribution in [0.5, 0.6) is 0 Å². The molecule has 0 fully saturated rings. The van der Waals surface area contributed by atoms with Gasteiger partial charge in [-0.05, 0) is 68.8 Å². The van der Waals surface area contributed by atoms with E-state index in [9.17, 15) is 9.18 Å². The maximum Gasteiger partial charge on any atom is 0.269 e. The van der Waals surface area contributed by atoms with Gasteiger partial charge in [0.25, 0.3) is 5.95 Å². The van der Waals surface area contributed by atoms with Gasteiger partial charge in [0.15, 0.2) is 0 Å². The highest BCUT2D eigenvalue weighted by Gasteiger charge is 2.21. The first-order chi connectivity index (χ1) is 14.0. The summed E-state index contributed by atoms with van der Waals surface area (Å²) < 4.78 is 13.9. The summed E-state index contributed by atoms with van der Waals surface area (Å²) in [6.45, 7) is 4.31. The summed E-state index contributed by atoms with van der Waals surface area (Å²) in [7, 11) is 0. The maximum absolute atomic E-state index is 13.9. The number of hydrogen-bond acceptors (Lipinski definition) is 4. The third-order valence-electron chi connectivity index (χ3n) is 4.84. The number of nitrogens with one attached hydrogen (secondary N) is 2. The van der Waals surface area contributed by atoms with Gasteiger partial charge in [0.1, 0.15) is 5.82 Å². The number of rotatable bonds is 5. The second kappa shape index (κ2) is 7.79. The average Bonchev–Trinajstić information content (AvgIpc) is 3.30. The van der Waals surface area contributed by atoms with Crippen LogP contribution in [0.3, 0.4) is 0 Å². The van der Waals surface area contributed by atoms with E-state index in [-0.39, 0.29) is 24.1 Å². The second-order valence-electron chi connectivity index (χ2n) is 7.24. The van der Waals surface area contributed by atoms with Crippen molar-refractivity contribution in [3.05, 3.63) is 76.6 Å². The number of tetrazole rings is 1. The molecule has 0 saturated carbocycles. The maximum atomic E-state index is 13.9. The van der Waals surface area contributed by atoms with Crippen LogP contribution < -0.4 is 5.32 Å². The summed E-state index contributed by atoms with van der Waals surface area (Å²) in [6, 6.07) is 13.0. The first-order valence-corrected chi connectivity index (χ1v) is 9.35. The van der Waals surface area contributed by atoms with Crippen molar-refractivity contribution < 1.29 is 9.18 Å². The van der Waals surface area contributed by atoms with E-state index in [0.29, 0.717) is 5.92 Å². The van der Waals surface area contributed by atoms with Crippen molar-refractivity contribution in [3.63, 3.8) is 0 Å². The number of aromatic nitrogens is 4. The van der Waals surface area contributed by atoms with Crippen molar-refractivity contribution in [3.8, 4) is 0 Å². The Labute approximate surface area is 167 Å². The van der Waals surface area contributed by atoms with E-state index in [1.54, 1.807) is 6.07 Å². The van der Waals surface area contributed by atoms with Crippen LogP contribution in [-0.2, 0) is 4.79 Å². The lowest BCUT2D eigenvalue weighted by atomic mass is 9.99. The number of nitrogens with zero attached hydrogens (tertiary/aromatic N) is 3. The largest absolute Gasteiger partial charge is 0.292 e. The third-order valence-corrected chi connectivity index (χ3v) is 4.84. The zero-order valence-corrected chi connectivity index (χ0v) is 16.1. The summed E-state index contributed by atoms with van der Waals surface area (Å²) in [4.78, 5) is 12.3. The second-order valence-corrected chi connectivity index (χ2v) is 7.24. The Morgan fingerprint density at radius 2 is 1.97 bits per heavy atom.